The number of ketones is 1. The number of H-pyrrole nitrogens is 1. The van der Waals surface area contributed by atoms with Crippen molar-refractivity contribution in [3.8, 4) is 5.75 Å². The van der Waals surface area contributed by atoms with E-state index in [1.807, 2.05) is 6.92 Å². The molecule has 1 aromatic carbocycles. The van der Waals surface area contributed by atoms with Crippen molar-refractivity contribution < 1.29 is 19.1 Å². The molecule has 0 bridgehead atoms. The fourth-order valence-corrected chi connectivity index (χ4v) is 2.97. The molecule has 0 saturated carbocycles. The van der Waals surface area contributed by atoms with Gasteiger partial charge in [-0.15, -0.1) is 0 Å². The van der Waals surface area contributed by atoms with Gasteiger partial charge < -0.3 is 20.4 Å². The van der Waals surface area contributed by atoms with Crippen molar-refractivity contribution in [1.29, 1.82) is 0 Å². The summed E-state index contributed by atoms with van der Waals surface area (Å²) >= 11 is 0. The van der Waals surface area contributed by atoms with Crippen LogP contribution in [0.3, 0.4) is 0 Å². The Bertz CT molecular complexity index is 868. The van der Waals surface area contributed by atoms with E-state index in [0.29, 0.717) is 46.1 Å². The second kappa shape index (κ2) is 7.86. The second-order valence-corrected chi connectivity index (χ2v) is 5.94. The summed E-state index contributed by atoms with van der Waals surface area (Å²) in [7, 11) is 1.49. The number of aromatic nitrogens is 1. The Morgan fingerprint density at radius 1 is 1.15 bits per heavy atom. The predicted octanol–water partition coefficient (Wildman–Crippen LogP) is 3.31. The van der Waals surface area contributed by atoms with Crippen LogP contribution in [0.15, 0.2) is 18.2 Å². The van der Waals surface area contributed by atoms with Crippen LogP contribution < -0.4 is 15.4 Å². The van der Waals surface area contributed by atoms with E-state index in [9.17, 15) is 14.4 Å². The monoisotopic (exact) mass is 357 g/mol. The fraction of sp³-hybridized carbons (Fsp3) is 0.316. The average Bonchev–Trinajstić information content (AvgIpc) is 2.91. The highest BCUT2D eigenvalue weighted by atomic mass is 16.5. The minimum absolute atomic E-state index is 0.0834. The number of hydrogen-bond donors (Lipinski definition) is 3. The number of nitrogens with one attached hydrogen (secondary N) is 3. The maximum Gasteiger partial charge on any atom is 0.272 e. The van der Waals surface area contributed by atoms with Gasteiger partial charge in [-0.1, -0.05) is 6.92 Å². The number of amides is 2. The summed E-state index contributed by atoms with van der Waals surface area (Å²) in [6, 6.07) is 4.95. The van der Waals surface area contributed by atoms with Gasteiger partial charge in [0.05, 0.1) is 12.8 Å². The summed E-state index contributed by atoms with van der Waals surface area (Å²) in [5.41, 5.74) is 3.21. The lowest BCUT2D eigenvalue weighted by molar-refractivity contribution is -0.114. The van der Waals surface area contributed by atoms with Gasteiger partial charge in [-0.3, -0.25) is 14.4 Å². The van der Waals surface area contributed by atoms with Crippen molar-refractivity contribution in [2.45, 2.75) is 34.1 Å². The van der Waals surface area contributed by atoms with E-state index in [1.54, 1.807) is 25.1 Å². The van der Waals surface area contributed by atoms with Crippen molar-refractivity contribution in [3.63, 3.8) is 0 Å². The highest BCUT2D eigenvalue weighted by Crippen LogP contribution is 2.29. The Morgan fingerprint density at radius 3 is 2.38 bits per heavy atom. The predicted molar refractivity (Wildman–Crippen MR) is 100 cm³/mol. The van der Waals surface area contributed by atoms with E-state index >= 15 is 0 Å². The van der Waals surface area contributed by atoms with E-state index in [4.69, 9.17) is 4.74 Å². The van der Waals surface area contributed by atoms with Crippen molar-refractivity contribution in [2.75, 3.05) is 17.7 Å². The molecule has 0 saturated heterocycles. The highest BCUT2D eigenvalue weighted by Gasteiger charge is 2.22. The largest absolute Gasteiger partial charge is 0.495 e. The van der Waals surface area contributed by atoms with E-state index in [1.165, 1.54) is 21.0 Å². The zero-order valence-electron chi connectivity index (χ0n) is 15.6. The zero-order valence-corrected chi connectivity index (χ0v) is 15.6. The van der Waals surface area contributed by atoms with Crippen LogP contribution in [-0.4, -0.2) is 29.7 Å². The lowest BCUT2D eigenvalue weighted by atomic mass is 10.0. The number of hydrogen-bond acceptors (Lipinski definition) is 4. The molecule has 138 valence electrons. The number of anilines is 2. The first-order valence-corrected chi connectivity index (χ1v) is 8.27. The maximum absolute atomic E-state index is 12.8. The van der Waals surface area contributed by atoms with Crippen LogP contribution >= 0.6 is 0 Å². The molecular weight excluding hydrogens is 334 g/mol. The van der Waals surface area contributed by atoms with Gasteiger partial charge in [-0.2, -0.15) is 0 Å². The first-order chi connectivity index (χ1) is 12.3. The Morgan fingerprint density at radius 2 is 1.85 bits per heavy atom. The Balaban J connectivity index is 2.40. The van der Waals surface area contributed by atoms with Gasteiger partial charge in [0.15, 0.2) is 5.78 Å². The Kier molecular flexibility index (Phi) is 5.82. The molecular formula is C19H23N3O4. The quantitative estimate of drug-likeness (QED) is 0.691. The lowest BCUT2D eigenvalue weighted by Gasteiger charge is -2.12. The second-order valence-electron chi connectivity index (χ2n) is 5.94. The average molecular weight is 357 g/mol. The Labute approximate surface area is 152 Å². The van der Waals surface area contributed by atoms with Crippen molar-refractivity contribution in [3.05, 3.63) is 40.7 Å². The van der Waals surface area contributed by atoms with Gasteiger partial charge in [-0.05, 0) is 44.0 Å². The van der Waals surface area contributed by atoms with E-state index in [2.05, 4.69) is 15.6 Å². The van der Waals surface area contributed by atoms with Gasteiger partial charge in [0.25, 0.3) is 5.91 Å². The minimum Gasteiger partial charge on any atom is -0.495 e. The molecule has 0 unspecified atom stereocenters. The molecule has 2 amide bonds. The molecule has 0 aliphatic carbocycles. The van der Waals surface area contributed by atoms with Crippen molar-refractivity contribution in [1.82, 2.24) is 4.98 Å². The van der Waals surface area contributed by atoms with Crippen LogP contribution in [0.1, 0.15) is 52.9 Å². The number of aromatic amines is 1. The number of benzene rings is 1. The third kappa shape index (κ3) is 3.93. The summed E-state index contributed by atoms with van der Waals surface area (Å²) in [6.45, 7) is 6.55. The number of carbonyl (C=O) groups is 3. The van der Waals surface area contributed by atoms with Crippen LogP contribution in [0.5, 0.6) is 5.75 Å². The molecule has 0 radical (unpaired) electrons. The lowest BCUT2D eigenvalue weighted by Crippen LogP contribution is -2.16. The molecule has 0 fully saturated rings. The third-order valence-electron chi connectivity index (χ3n) is 3.99. The molecule has 26 heavy (non-hydrogen) atoms. The standard InChI is InChI=1S/C19H23N3O4/c1-6-14-17(11(3)23)10(2)20-18(14)19(25)22-15-9-13(21-12(4)24)7-8-16(15)26-5/h7-9,20H,6H2,1-5H3,(H,21,24)(H,22,25). The van der Waals surface area contributed by atoms with E-state index < -0.39 is 0 Å². The molecule has 0 aliphatic heterocycles. The molecule has 0 aliphatic rings. The van der Waals surface area contributed by atoms with Gasteiger partial charge >= 0.3 is 0 Å². The van der Waals surface area contributed by atoms with Gasteiger partial charge in [-0.25, -0.2) is 0 Å². The number of aryl methyl sites for hydroxylation is 1. The van der Waals surface area contributed by atoms with E-state index in [0.717, 1.165) is 0 Å². The minimum atomic E-state index is -0.379. The molecule has 1 aromatic heterocycles. The summed E-state index contributed by atoms with van der Waals surface area (Å²) in [6.07, 6.45) is 0.547. The van der Waals surface area contributed by atoms with Gasteiger partial charge in [0.1, 0.15) is 11.4 Å². The number of rotatable bonds is 6. The number of methoxy groups -OCH3 is 1. The smallest absolute Gasteiger partial charge is 0.272 e. The first-order valence-electron chi connectivity index (χ1n) is 8.27. The fourth-order valence-electron chi connectivity index (χ4n) is 2.97. The number of Topliss-reactive ketones (excluding diaryl/α,β-unsaturated/α-hetero) is 1. The van der Waals surface area contributed by atoms with Crippen LogP contribution in [0.2, 0.25) is 0 Å². The van der Waals surface area contributed by atoms with Crippen LogP contribution in [0.25, 0.3) is 0 Å². The van der Waals surface area contributed by atoms with E-state index in [-0.39, 0.29) is 17.6 Å². The molecule has 2 aromatic rings. The number of ether oxygens (including phenoxy) is 1. The van der Waals surface area contributed by atoms with Crippen LogP contribution in [-0.2, 0) is 11.2 Å². The summed E-state index contributed by atoms with van der Waals surface area (Å²) in [4.78, 5) is 38.9. The zero-order chi connectivity index (χ0) is 19.4. The van der Waals surface area contributed by atoms with Gasteiger partial charge in [0.2, 0.25) is 5.91 Å². The Hall–Kier alpha value is -3.09. The summed E-state index contributed by atoms with van der Waals surface area (Å²) in [5.74, 6) is -0.219. The molecule has 7 nitrogen and oxygen atoms in total. The summed E-state index contributed by atoms with van der Waals surface area (Å²) < 4.78 is 5.27. The molecule has 0 atom stereocenters. The number of carbonyl (C=O) groups excluding carboxylic acids is 3. The van der Waals surface area contributed by atoms with Gasteiger partial charge in [0, 0.05) is 23.9 Å². The van der Waals surface area contributed by atoms with Crippen LogP contribution in [0.4, 0.5) is 11.4 Å². The molecule has 3 N–H and O–H groups in total. The molecule has 2 rings (SSSR count). The maximum atomic E-state index is 12.8. The topological polar surface area (TPSA) is 100 Å². The summed E-state index contributed by atoms with van der Waals surface area (Å²) in [5, 5.41) is 5.45. The van der Waals surface area contributed by atoms with Crippen molar-refractivity contribution >= 4 is 29.0 Å². The highest BCUT2D eigenvalue weighted by molar-refractivity contribution is 6.08. The SMILES string of the molecule is CCc1c(C(=O)Nc2cc(NC(C)=O)ccc2OC)[nH]c(C)c1C(C)=O. The molecule has 7 heteroatoms. The molecule has 1 heterocycles. The normalized spacial score (nSPS) is 10.3. The van der Waals surface area contributed by atoms with Crippen molar-refractivity contribution in [2.24, 2.45) is 0 Å². The third-order valence-corrected chi connectivity index (χ3v) is 3.99. The van der Waals surface area contributed by atoms with Crippen LogP contribution in [0, 0.1) is 6.92 Å². The molecule has 0 spiro atoms. The first kappa shape index (κ1) is 19.2.